The van der Waals surface area contributed by atoms with Gasteiger partial charge in [-0.25, -0.2) is 0 Å². The van der Waals surface area contributed by atoms with Crippen molar-refractivity contribution in [3.8, 4) is 0 Å². The lowest BCUT2D eigenvalue weighted by molar-refractivity contribution is 0.139. The van der Waals surface area contributed by atoms with Crippen LogP contribution in [0.3, 0.4) is 0 Å². The van der Waals surface area contributed by atoms with E-state index in [0.717, 1.165) is 0 Å². The number of nitrogens with two attached hydrogens (primary N) is 2. The minimum absolute atomic E-state index is 0.0440. The third-order valence-corrected chi connectivity index (χ3v) is 0.894. The van der Waals surface area contributed by atoms with Gasteiger partial charge >= 0.3 is 0 Å². The first-order valence-electron chi connectivity index (χ1n) is 3.60. The van der Waals surface area contributed by atoms with Crippen LogP contribution in [-0.2, 0) is 0 Å². The predicted octanol–water partition coefficient (Wildman–Crippen LogP) is -3.06. The van der Waals surface area contributed by atoms with E-state index in [1.54, 1.807) is 0 Å². The van der Waals surface area contributed by atoms with E-state index in [4.69, 9.17) is 31.9 Å². The van der Waals surface area contributed by atoms with Crippen LogP contribution in [0.25, 0.3) is 0 Å². The maximum atomic E-state index is 8.17. The van der Waals surface area contributed by atoms with Crippen LogP contribution in [0.5, 0.6) is 0 Å². The molecule has 0 aliphatic heterocycles. The molecule has 0 heterocycles. The molecule has 0 aromatic heterocycles. The van der Waals surface area contributed by atoms with Crippen LogP contribution in [0.1, 0.15) is 6.42 Å². The van der Waals surface area contributed by atoms with Gasteiger partial charge in [-0.15, -0.1) is 0 Å². The van der Waals surface area contributed by atoms with E-state index in [-0.39, 0.29) is 26.2 Å². The van der Waals surface area contributed by atoms with Crippen molar-refractivity contribution >= 4 is 0 Å². The molecule has 0 rings (SSSR count). The van der Waals surface area contributed by atoms with Crippen LogP contribution in [0.15, 0.2) is 0 Å². The summed E-state index contributed by atoms with van der Waals surface area (Å²) in [5.41, 5.74) is 9.77. The summed E-state index contributed by atoms with van der Waals surface area (Å²) >= 11 is 0. The van der Waals surface area contributed by atoms with E-state index >= 15 is 0 Å². The molecule has 1 atom stereocenters. The third kappa shape index (κ3) is 16.4. The van der Waals surface area contributed by atoms with E-state index in [0.29, 0.717) is 0 Å². The fraction of sp³-hybridized carbons (Fsp3) is 1.00. The van der Waals surface area contributed by atoms with Crippen LogP contribution in [0, 0.1) is 0 Å². The van der Waals surface area contributed by atoms with Crippen molar-refractivity contribution in [2.24, 2.45) is 11.5 Å². The average Bonchev–Trinajstić information content (AvgIpc) is 2.04. The van der Waals surface area contributed by atoms with Crippen LogP contribution >= 0.6 is 0 Å². The number of hydrogen-bond acceptors (Lipinski definition) is 6. The molecule has 6 nitrogen and oxygen atoms in total. The fourth-order valence-electron chi connectivity index (χ4n) is 0.190. The van der Waals surface area contributed by atoms with Gasteiger partial charge in [-0.05, 0) is 0 Å². The number of hydrogen-bond donors (Lipinski definition) is 6. The summed E-state index contributed by atoms with van der Waals surface area (Å²) in [6.07, 6.45) is -0.588. The molecule has 0 aromatic carbocycles. The molecule has 0 aliphatic carbocycles. The summed E-state index contributed by atoms with van der Waals surface area (Å²) in [7, 11) is 0. The molecule has 0 saturated carbocycles. The first kappa shape index (κ1) is 14.3. The average molecular weight is 182 g/mol. The zero-order chi connectivity index (χ0) is 9.98. The predicted molar refractivity (Wildman–Crippen MR) is 44.0 cm³/mol. The molecule has 0 radical (unpaired) electrons. The Bertz CT molecular complexity index is 77.9. The molecule has 0 spiro atoms. The molecule has 0 amide bonds. The minimum Gasteiger partial charge on any atom is -0.396 e. The van der Waals surface area contributed by atoms with E-state index < -0.39 is 12.3 Å². The summed E-state index contributed by atoms with van der Waals surface area (Å²) in [6.45, 7) is -0.329. The standard InChI is InChI=1S/2C3H9NO2/c4-3(1-5)2-6;4-3(6)1-2-5/h2*3,5-6H,1-2,4H2. The molecule has 0 bridgehead atoms. The lowest BCUT2D eigenvalue weighted by Crippen LogP contribution is -2.27. The van der Waals surface area contributed by atoms with E-state index in [1.807, 2.05) is 0 Å². The van der Waals surface area contributed by atoms with Gasteiger partial charge < -0.3 is 31.9 Å². The molecule has 0 fully saturated rings. The maximum Gasteiger partial charge on any atom is 0.104 e. The van der Waals surface area contributed by atoms with Crippen LogP contribution in [0.4, 0.5) is 0 Å². The van der Waals surface area contributed by atoms with Gasteiger partial charge in [-0.3, -0.25) is 0 Å². The first-order valence-corrected chi connectivity index (χ1v) is 3.60. The second-order valence-corrected chi connectivity index (χ2v) is 2.20. The van der Waals surface area contributed by atoms with Crippen molar-refractivity contribution < 1.29 is 20.4 Å². The molecule has 12 heavy (non-hydrogen) atoms. The molecule has 0 saturated heterocycles. The highest BCUT2D eigenvalue weighted by Crippen LogP contribution is 1.75. The molecule has 0 aromatic rings. The second kappa shape index (κ2) is 10.8. The third-order valence-electron chi connectivity index (χ3n) is 0.894. The van der Waals surface area contributed by atoms with Crippen molar-refractivity contribution in [1.29, 1.82) is 0 Å². The van der Waals surface area contributed by atoms with Gasteiger partial charge in [0.2, 0.25) is 0 Å². The van der Waals surface area contributed by atoms with Gasteiger partial charge in [0, 0.05) is 13.0 Å². The maximum absolute atomic E-state index is 8.17. The van der Waals surface area contributed by atoms with Crippen LogP contribution in [-0.4, -0.2) is 52.5 Å². The number of aliphatic hydroxyl groups is 4. The largest absolute Gasteiger partial charge is 0.396 e. The zero-order valence-corrected chi connectivity index (χ0v) is 6.93. The zero-order valence-electron chi connectivity index (χ0n) is 6.93. The van der Waals surface area contributed by atoms with Gasteiger partial charge in [-0.1, -0.05) is 0 Å². The highest BCUT2D eigenvalue weighted by Gasteiger charge is 1.91. The van der Waals surface area contributed by atoms with E-state index in [1.165, 1.54) is 0 Å². The van der Waals surface area contributed by atoms with Crippen molar-refractivity contribution in [2.75, 3.05) is 19.8 Å². The highest BCUT2D eigenvalue weighted by atomic mass is 16.3. The summed E-state index contributed by atoms with van der Waals surface area (Å²) < 4.78 is 0. The summed E-state index contributed by atoms with van der Waals surface area (Å²) in [5.74, 6) is 0. The lowest BCUT2D eigenvalue weighted by atomic mass is 10.4. The van der Waals surface area contributed by atoms with Crippen molar-refractivity contribution in [3.63, 3.8) is 0 Å². The van der Waals surface area contributed by atoms with Gasteiger partial charge in [0.1, 0.15) is 6.23 Å². The monoisotopic (exact) mass is 182 g/mol. The Morgan fingerprint density at radius 3 is 1.42 bits per heavy atom. The molecule has 1 unspecified atom stereocenters. The highest BCUT2D eigenvalue weighted by molar-refractivity contribution is 4.52. The second-order valence-electron chi connectivity index (χ2n) is 2.20. The Hall–Kier alpha value is -0.240. The topological polar surface area (TPSA) is 133 Å². The Morgan fingerprint density at radius 1 is 1.00 bits per heavy atom. The Labute approximate surface area is 71.4 Å². The molecule has 0 aliphatic rings. The first-order chi connectivity index (χ1) is 5.58. The quantitative estimate of drug-likeness (QED) is 0.256. The Kier molecular flexibility index (Phi) is 12.8. The SMILES string of the molecule is NC(CO)CO.NC(O)CCO. The lowest BCUT2D eigenvalue weighted by Gasteiger charge is -1.98. The van der Waals surface area contributed by atoms with Gasteiger partial charge in [0.15, 0.2) is 0 Å². The number of aliphatic hydroxyl groups excluding tert-OH is 4. The van der Waals surface area contributed by atoms with E-state index in [9.17, 15) is 0 Å². The Morgan fingerprint density at radius 2 is 1.42 bits per heavy atom. The van der Waals surface area contributed by atoms with Gasteiger partial charge in [0.05, 0.1) is 19.3 Å². The van der Waals surface area contributed by atoms with Crippen LogP contribution < -0.4 is 11.5 Å². The smallest absolute Gasteiger partial charge is 0.104 e. The molecule has 6 heteroatoms. The normalized spacial score (nSPS) is 12.2. The minimum atomic E-state index is -0.852. The fourth-order valence-corrected chi connectivity index (χ4v) is 0.190. The molecule has 8 N–H and O–H groups in total. The molecular weight excluding hydrogens is 164 g/mol. The van der Waals surface area contributed by atoms with Crippen molar-refractivity contribution in [3.05, 3.63) is 0 Å². The van der Waals surface area contributed by atoms with Crippen LogP contribution in [0.2, 0.25) is 0 Å². The Balaban J connectivity index is 0. The van der Waals surface area contributed by atoms with Crippen molar-refractivity contribution in [2.45, 2.75) is 18.7 Å². The van der Waals surface area contributed by atoms with Gasteiger partial charge in [-0.2, -0.15) is 0 Å². The summed E-state index contributed by atoms with van der Waals surface area (Å²) in [5, 5.41) is 32.3. The number of rotatable bonds is 4. The molecular formula is C6H18N2O4. The van der Waals surface area contributed by atoms with Gasteiger partial charge in [0.25, 0.3) is 0 Å². The molecule has 76 valence electrons. The van der Waals surface area contributed by atoms with E-state index in [2.05, 4.69) is 0 Å². The summed E-state index contributed by atoms with van der Waals surface area (Å²) in [4.78, 5) is 0. The van der Waals surface area contributed by atoms with Crippen molar-refractivity contribution in [1.82, 2.24) is 0 Å². The summed E-state index contributed by atoms with van der Waals surface area (Å²) in [6, 6.07) is -0.454.